The first-order valence-corrected chi connectivity index (χ1v) is 8.94. The second-order valence-corrected chi connectivity index (χ2v) is 6.47. The zero-order valence-electron chi connectivity index (χ0n) is 13.8. The van der Waals surface area contributed by atoms with E-state index in [1.807, 2.05) is 5.38 Å². The molecular weight excluding hydrogens is 352 g/mol. The smallest absolute Gasteiger partial charge is 0.219 e. The largest absolute Gasteiger partial charge is 0.384 e. The molecule has 8 nitrogen and oxygen atoms in total. The number of rotatable bonds is 2. The van der Waals surface area contributed by atoms with Crippen molar-refractivity contribution in [2.75, 3.05) is 43.5 Å². The van der Waals surface area contributed by atoms with Gasteiger partial charge in [0.15, 0.2) is 11.6 Å². The van der Waals surface area contributed by atoms with Gasteiger partial charge in [0.05, 0.1) is 29.0 Å². The fourth-order valence-electron chi connectivity index (χ4n) is 2.70. The Morgan fingerprint density at radius 1 is 1.23 bits per heavy atom. The van der Waals surface area contributed by atoms with Crippen LogP contribution >= 0.6 is 11.3 Å². The van der Waals surface area contributed by atoms with Crippen LogP contribution in [0.5, 0.6) is 0 Å². The molecule has 0 saturated carbocycles. The lowest BCUT2D eigenvalue weighted by Gasteiger charge is -2.28. The predicted octanol–water partition coefficient (Wildman–Crippen LogP) is 0.911. The van der Waals surface area contributed by atoms with E-state index in [0.717, 1.165) is 34.7 Å². The van der Waals surface area contributed by atoms with Crippen molar-refractivity contribution in [1.29, 1.82) is 0 Å². The van der Waals surface area contributed by atoms with Crippen molar-refractivity contribution < 1.29 is 9.84 Å². The molecule has 0 spiro atoms. The molecule has 0 unspecified atom stereocenters. The molecule has 0 atom stereocenters. The first kappa shape index (κ1) is 16.7. The number of aromatic nitrogens is 4. The van der Waals surface area contributed by atoms with Gasteiger partial charge in [-0.15, -0.1) is 11.3 Å². The number of aliphatic hydroxyl groups is 1. The van der Waals surface area contributed by atoms with Crippen LogP contribution < -0.4 is 10.6 Å². The molecule has 9 heteroatoms. The number of nitrogens with zero attached hydrogens (tertiary/aromatic N) is 5. The lowest BCUT2D eigenvalue weighted by molar-refractivity contribution is 0.122. The first-order chi connectivity index (χ1) is 12.8. The van der Waals surface area contributed by atoms with E-state index in [0.29, 0.717) is 24.6 Å². The van der Waals surface area contributed by atoms with Gasteiger partial charge < -0.3 is 20.5 Å². The van der Waals surface area contributed by atoms with Gasteiger partial charge in [-0.25, -0.2) is 19.9 Å². The second kappa shape index (κ2) is 7.21. The molecule has 4 heterocycles. The molecule has 132 valence electrons. The van der Waals surface area contributed by atoms with E-state index >= 15 is 0 Å². The molecular formula is C17H16N6O2S. The highest BCUT2D eigenvalue weighted by atomic mass is 32.1. The zero-order chi connectivity index (χ0) is 17.9. The maximum Gasteiger partial charge on any atom is 0.219 e. The second-order valence-electron chi connectivity index (χ2n) is 5.59. The summed E-state index contributed by atoms with van der Waals surface area (Å²) < 4.78 is 6.42. The van der Waals surface area contributed by atoms with Gasteiger partial charge in [0, 0.05) is 30.9 Å². The minimum Gasteiger partial charge on any atom is -0.384 e. The lowest BCUT2D eigenvalue weighted by atomic mass is 10.2. The molecule has 1 fully saturated rings. The Hall–Kier alpha value is -2.80. The van der Waals surface area contributed by atoms with Gasteiger partial charge in [-0.1, -0.05) is 11.8 Å². The summed E-state index contributed by atoms with van der Waals surface area (Å²) in [7, 11) is 0. The third kappa shape index (κ3) is 3.17. The summed E-state index contributed by atoms with van der Waals surface area (Å²) in [6.45, 7) is 2.65. The Bertz CT molecular complexity index is 986. The summed E-state index contributed by atoms with van der Waals surface area (Å²) in [6, 6.07) is 0. The molecule has 0 aromatic carbocycles. The van der Waals surface area contributed by atoms with E-state index in [1.165, 1.54) is 0 Å². The summed E-state index contributed by atoms with van der Waals surface area (Å²) in [5.41, 5.74) is 7.80. The number of hydrogen-bond donors (Lipinski definition) is 2. The van der Waals surface area contributed by atoms with Gasteiger partial charge in [0.1, 0.15) is 12.1 Å². The first-order valence-electron chi connectivity index (χ1n) is 8.06. The maximum atomic E-state index is 9.00. The topological polar surface area (TPSA) is 110 Å². The number of anilines is 2. The Morgan fingerprint density at radius 2 is 2.00 bits per heavy atom. The van der Waals surface area contributed by atoms with E-state index in [9.17, 15) is 0 Å². The van der Waals surface area contributed by atoms with Crippen LogP contribution in [0.2, 0.25) is 0 Å². The van der Waals surface area contributed by atoms with Crippen molar-refractivity contribution >= 4 is 33.3 Å². The van der Waals surface area contributed by atoms with Gasteiger partial charge >= 0.3 is 0 Å². The van der Waals surface area contributed by atoms with Crippen LogP contribution in [0.4, 0.5) is 11.8 Å². The van der Waals surface area contributed by atoms with Crippen molar-refractivity contribution in [1.82, 2.24) is 19.9 Å². The van der Waals surface area contributed by atoms with Crippen LogP contribution in [0, 0.1) is 11.8 Å². The predicted molar refractivity (Wildman–Crippen MR) is 99.8 cm³/mol. The van der Waals surface area contributed by atoms with Crippen LogP contribution in [-0.2, 0) is 4.74 Å². The van der Waals surface area contributed by atoms with Crippen LogP contribution in [0.3, 0.4) is 0 Å². The van der Waals surface area contributed by atoms with Crippen molar-refractivity contribution in [2.45, 2.75) is 0 Å². The molecule has 4 rings (SSSR count). The number of thiophene rings is 1. The maximum absolute atomic E-state index is 9.00. The average Bonchev–Trinajstić information content (AvgIpc) is 3.10. The highest BCUT2D eigenvalue weighted by molar-refractivity contribution is 7.18. The highest BCUT2D eigenvalue weighted by Gasteiger charge is 2.20. The van der Waals surface area contributed by atoms with E-state index in [-0.39, 0.29) is 12.6 Å². The summed E-state index contributed by atoms with van der Waals surface area (Å²) in [5.74, 6) is 7.22. The third-order valence-corrected chi connectivity index (χ3v) is 4.91. The fourth-order valence-corrected chi connectivity index (χ4v) is 3.65. The van der Waals surface area contributed by atoms with E-state index in [4.69, 9.17) is 20.6 Å². The SMILES string of the molecule is Nc1ncc(-c2nc(N3CCOCC3)c3scc(C#CCO)c3n2)cn1. The van der Waals surface area contributed by atoms with E-state index in [2.05, 4.69) is 31.7 Å². The van der Waals surface area contributed by atoms with Crippen molar-refractivity contribution in [3.63, 3.8) is 0 Å². The number of nitrogens with two attached hydrogens (primary N) is 1. The minimum atomic E-state index is -0.197. The van der Waals surface area contributed by atoms with Gasteiger partial charge in [-0.05, 0) is 0 Å². The molecule has 0 amide bonds. The summed E-state index contributed by atoms with van der Waals surface area (Å²) in [4.78, 5) is 19.7. The molecule has 1 aliphatic rings. The van der Waals surface area contributed by atoms with Crippen LogP contribution in [-0.4, -0.2) is 58.0 Å². The van der Waals surface area contributed by atoms with Gasteiger partial charge in [0.25, 0.3) is 0 Å². The average molecular weight is 368 g/mol. The highest BCUT2D eigenvalue weighted by Crippen LogP contribution is 2.34. The standard InChI is InChI=1S/C17H16N6O2S/c18-17-19-8-12(9-20-17)15-21-13-11(2-1-5-24)10-26-14(13)16(22-15)23-3-6-25-7-4-23/h8-10,24H,3-7H2,(H2,18,19,20). The monoisotopic (exact) mass is 368 g/mol. The Morgan fingerprint density at radius 3 is 2.73 bits per heavy atom. The molecule has 0 bridgehead atoms. The molecule has 1 aliphatic heterocycles. The molecule has 26 heavy (non-hydrogen) atoms. The molecule has 0 radical (unpaired) electrons. The lowest BCUT2D eigenvalue weighted by Crippen LogP contribution is -2.36. The Balaban J connectivity index is 1.89. The number of aliphatic hydroxyl groups excluding tert-OH is 1. The third-order valence-electron chi connectivity index (χ3n) is 3.94. The van der Waals surface area contributed by atoms with Crippen LogP contribution in [0.1, 0.15) is 5.56 Å². The zero-order valence-corrected chi connectivity index (χ0v) is 14.7. The number of morpholine rings is 1. The minimum absolute atomic E-state index is 0.197. The van der Waals surface area contributed by atoms with Crippen LogP contribution in [0.15, 0.2) is 17.8 Å². The summed E-state index contributed by atoms with van der Waals surface area (Å²) >= 11 is 1.55. The molecule has 0 aliphatic carbocycles. The van der Waals surface area contributed by atoms with Crippen LogP contribution in [0.25, 0.3) is 21.6 Å². The normalized spacial score (nSPS) is 14.3. The summed E-state index contributed by atoms with van der Waals surface area (Å²) in [5, 5.41) is 10.9. The van der Waals surface area contributed by atoms with Crippen molar-refractivity contribution in [3.05, 3.63) is 23.3 Å². The number of fused-ring (bicyclic) bond motifs is 1. The molecule has 1 saturated heterocycles. The summed E-state index contributed by atoms with van der Waals surface area (Å²) in [6.07, 6.45) is 3.22. The van der Waals surface area contributed by atoms with Gasteiger partial charge in [-0.2, -0.15) is 0 Å². The van der Waals surface area contributed by atoms with Gasteiger partial charge in [0.2, 0.25) is 5.95 Å². The molecule has 3 aromatic heterocycles. The molecule has 3 N–H and O–H groups in total. The van der Waals surface area contributed by atoms with Crippen molar-refractivity contribution in [2.24, 2.45) is 0 Å². The van der Waals surface area contributed by atoms with Gasteiger partial charge in [-0.3, -0.25) is 0 Å². The fraction of sp³-hybridized carbons (Fsp3) is 0.294. The quantitative estimate of drug-likeness (QED) is 0.642. The Kier molecular flexibility index (Phi) is 4.62. The van der Waals surface area contributed by atoms with E-state index in [1.54, 1.807) is 23.7 Å². The number of nitrogen functional groups attached to an aromatic ring is 1. The molecule has 3 aromatic rings. The van der Waals surface area contributed by atoms with Crippen molar-refractivity contribution in [3.8, 4) is 23.2 Å². The number of ether oxygens (including phenoxy) is 1. The Labute approximate surface area is 153 Å². The van der Waals surface area contributed by atoms with E-state index < -0.39 is 0 Å². The number of hydrogen-bond acceptors (Lipinski definition) is 9.